The van der Waals surface area contributed by atoms with Crippen LogP contribution < -0.4 is 4.74 Å². The number of hydrogen-bond acceptors (Lipinski definition) is 5. The number of carbonyl (C=O) groups is 1. The molecule has 6 nitrogen and oxygen atoms in total. The maximum absolute atomic E-state index is 12.4. The largest absolute Gasteiger partial charge is 0.496 e. The van der Waals surface area contributed by atoms with E-state index in [1.807, 2.05) is 35.8 Å². The highest BCUT2D eigenvalue weighted by Crippen LogP contribution is 2.20. The van der Waals surface area contributed by atoms with Crippen LogP contribution in [0.4, 0.5) is 0 Å². The number of rotatable bonds is 8. The molecule has 0 aliphatic carbocycles. The molecule has 1 aromatic heterocycles. The van der Waals surface area contributed by atoms with Gasteiger partial charge in [-0.1, -0.05) is 36.0 Å². The van der Waals surface area contributed by atoms with Gasteiger partial charge in [-0.3, -0.25) is 4.79 Å². The number of para-hydroxylation sites is 1. The fourth-order valence-corrected chi connectivity index (χ4v) is 3.16. The van der Waals surface area contributed by atoms with Crippen LogP contribution in [-0.2, 0) is 17.9 Å². The van der Waals surface area contributed by atoms with Crippen LogP contribution in [-0.4, -0.2) is 45.5 Å². The summed E-state index contributed by atoms with van der Waals surface area (Å²) in [6, 6.07) is 7.70. The van der Waals surface area contributed by atoms with Gasteiger partial charge in [-0.2, -0.15) is 0 Å². The minimum atomic E-state index is 0.0247. The monoisotopic (exact) mass is 346 g/mol. The third-order valence-electron chi connectivity index (χ3n) is 3.56. The first-order valence-electron chi connectivity index (χ1n) is 7.56. The highest BCUT2D eigenvalue weighted by atomic mass is 32.2. The van der Waals surface area contributed by atoms with Crippen LogP contribution in [0.5, 0.6) is 5.75 Å². The predicted molar refractivity (Wildman–Crippen MR) is 95.1 cm³/mol. The van der Waals surface area contributed by atoms with E-state index in [9.17, 15) is 4.79 Å². The molecule has 0 radical (unpaired) electrons. The van der Waals surface area contributed by atoms with Crippen molar-refractivity contribution in [3.05, 3.63) is 48.3 Å². The van der Waals surface area contributed by atoms with Crippen molar-refractivity contribution >= 4 is 17.7 Å². The van der Waals surface area contributed by atoms with Crippen LogP contribution in [0.1, 0.15) is 11.4 Å². The predicted octanol–water partition coefficient (Wildman–Crippen LogP) is 2.53. The Morgan fingerprint density at radius 3 is 2.88 bits per heavy atom. The topological polar surface area (TPSA) is 60.2 Å². The molecule has 24 heavy (non-hydrogen) atoms. The fourth-order valence-electron chi connectivity index (χ4n) is 2.22. The maximum atomic E-state index is 12.4. The Balaban J connectivity index is 1.96. The van der Waals surface area contributed by atoms with Gasteiger partial charge in [0.25, 0.3) is 0 Å². The van der Waals surface area contributed by atoms with Gasteiger partial charge < -0.3 is 14.2 Å². The molecule has 1 heterocycles. The minimum absolute atomic E-state index is 0.0247. The highest BCUT2D eigenvalue weighted by Gasteiger charge is 2.15. The van der Waals surface area contributed by atoms with Crippen LogP contribution in [0.3, 0.4) is 0 Å². The zero-order chi connectivity index (χ0) is 17.5. The number of aromatic nitrogens is 3. The van der Waals surface area contributed by atoms with Crippen molar-refractivity contribution in [3.8, 4) is 5.75 Å². The molecule has 0 atom stereocenters. The number of benzene rings is 1. The van der Waals surface area contributed by atoms with E-state index in [1.165, 1.54) is 11.8 Å². The smallest absolute Gasteiger partial charge is 0.233 e. The Kier molecular flexibility index (Phi) is 6.43. The normalized spacial score (nSPS) is 10.5. The number of aryl methyl sites for hydroxylation is 1. The van der Waals surface area contributed by atoms with Crippen molar-refractivity contribution in [1.82, 2.24) is 19.7 Å². The number of allylic oxidation sites excluding steroid dienone is 1. The molecule has 1 amide bonds. The number of nitrogens with zero attached hydrogens (tertiary/aromatic N) is 4. The Hall–Kier alpha value is -2.28. The maximum Gasteiger partial charge on any atom is 0.233 e. The number of thioether (sulfide) groups is 1. The molecule has 0 N–H and O–H groups in total. The van der Waals surface area contributed by atoms with Gasteiger partial charge in [-0.05, 0) is 13.0 Å². The second-order valence-electron chi connectivity index (χ2n) is 5.28. The van der Waals surface area contributed by atoms with Crippen LogP contribution in [0.25, 0.3) is 0 Å². The molecule has 2 aromatic rings. The van der Waals surface area contributed by atoms with Crippen molar-refractivity contribution in [2.75, 3.05) is 19.9 Å². The first-order valence-corrected chi connectivity index (χ1v) is 8.54. The Bertz CT molecular complexity index is 714. The van der Waals surface area contributed by atoms with Crippen molar-refractivity contribution < 1.29 is 9.53 Å². The molecule has 0 aliphatic heterocycles. The van der Waals surface area contributed by atoms with E-state index in [2.05, 4.69) is 16.8 Å². The Morgan fingerprint density at radius 1 is 1.42 bits per heavy atom. The summed E-state index contributed by atoms with van der Waals surface area (Å²) in [6.45, 7) is 6.75. The molecule has 0 saturated carbocycles. The SMILES string of the molecule is C=CCn1c(C)nnc1SCC(=O)N(C)Cc1ccccc1OC. The molecule has 0 spiro atoms. The summed E-state index contributed by atoms with van der Waals surface area (Å²) in [5.41, 5.74) is 0.978. The van der Waals surface area contributed by atoms with E-state index in [-0.39, 0.29) is 5.91 Å². The fraction of sp³-hybridized carbons (Fsp3) is 0.353. The summed E-state index contributed by atoms with van der Waals surface area (Å²) in [4.78, 5) is 14.1. The summed E-state index contributed by atoms with van der Waals surface area (Å²) >= 11 is 1.38. The molecule has 0 bridgehead atoms. The molecule has 0 saturated heterocycles. The number of hydrogen-bond donors (Lipinski definition) is 0. The van der Waals surface area contributed by atoms with E-state index in [1.54, 1.807) is 25.1 Å². The quantitative estimate of drug-likeness (QED) is 0.543. The lowest BCUT2D eigenvalue weighted by Crippen LogP contribution is -2.28. The van der Waals surface area contributed by atoms with Crippen LogP contribution in [0.15, 0.2) is 42.1 Å². The molecule has 7 heteroatoms. The second-order valence-corrected chi connectivity index (χ2v) is 6.22. The first-order chi connectivity index (χ1) is 11.6. The summed E-state index contributed by atoms with van der Waals surface area (Å²) in [6.07, 6.45) is 1.79. The van der Waals surface area contributed by atoms with Crippen LogP contribution in [0, 0.1) is 6.92 Å². The first kappa shape index (κ1) is 18.1. The molecule has 0 fully saturated rings. The van der Waals surface area contributed by atoms with Gasteiger partial charge in [0.15, 0.2) is 5.16 Å². The lowest BCUT2D eigenvalue weighted by molar-refractivity contribution is -0.127. The van der Waals surface area contributed by atoms with Gasteiger partial charge in [0.05, 0.1) is 12.9 Å². The summed E-state index contributed by atoms with van der Waals surface area (Å²) < 4.78 is 7.26. The van der Waals surface area contributed by atoms with Gasteiger partial charge >= 0.3 is 0 Å². The van der Waals surface area contributed by atoms with Crippen molar-refractivity contribution in [1.29, 1.82) is 0 Å². The molecular formula is C17H22N4O2S. The molecule has 128 valence electrons. The molecule has 0 unspecified atom stereocenters. The lowest BCUT2D eigenvalue weighted by Gasteiger charge is -2.18. The van der Waals surface area contributed by atoms with Gasteiger partial charge in [0.1, 0.15) is 11.6 Å². The number of amides is 1. The van der Waals surface area contributed by atoms with Crippen LogP contribution in [0.2, 0.25) is 0 Å². The van der Waals surface area contributed by atoms with Crippen molar-refractivity contribution in [3.63, 3.8) is 0 Å². The third kappa shape index (κ3) is 4.38. The average Bonchev–Trinajstić information content (AvgIpc) is 2.93. The molecule has 2 rings (SSSR count). The summed E-state index contributed by atoms with van der Waals surface area (Å²) in [5, 5.41) is 8.89. The Morgan fingerprint density at radius 2 is 2.17 bits per heavy atom. The summed E-state index contributed by atoms with van der Waals surface area (Å²) in [5.74, 6) is 1.93. The minimum Gasteiger partial charge on any atom is -0.496 e. The molecular weight excluding hydrogens is 324 g/mol. The van der Waals surface area contributed by atoms with E-state index >= 15 is 0 Å². The van der Waals surface area contributed by atoms with Gasteiger partial charge in [0, 0.05) is 25.7 Å². The van der Waals surface area contributed by atoms with Gasteiger partial charge in [-0.25, -0.2) is 0 Å². The van der Waals surface area contributed by atoms with Crippen molar-refractivity contribution in [2.45, 2.75) is 25.2 Å². The standard InChI is InChI=1S/C17H22N4O2S/c1-5-10-21-13(2)18-19-17(21)24-12-16(22)20(3)11-14-8-6-7-9-15(14)23-4/h5-9H,1,10-12H2,2-4H3. The number of carbonyl (C=O) groups excluding carboxylic acids is 1. The second kappa shape index (κ2) is 8.54. The average molecular weight is 346 g/mol. The van der Waals surface area contributed by atoms with E-state index in [0.717, 1.165) is 22.3 Å². The molecule has 0 aliphatic rings. The van der Waals surface area contributed by atoms with Gasteiger partial charge in [-0.15, -0.1) is 16.8 Å². The zero-order valence-corrected chi connectivity index (χ0v) is 15.0. The number of ether oxygens (including phenoxy) is 1. The van der Waals surface area contributed by atoms with E-state index < -0.39 is 0 Å². The Labute approximate surface area is 146 Å². The zero-order valence-electron chi connectivity index (χ0n) is 14.2. The molecule has 1 aromatic carbocycles. The highest BCUT2D eigenvalue weighted by molar-refractivity contribution is 7.99. The van der Waals surface area contributed by atoms with Crippen LogP contribution >= 0.6 is 11.8 Å². The van der Waals surface area contributed by atoms with E-state index in [0.29, 0.717) is 18.8 Å². The lowest BCUT2D eigenvalue weighted by atomic mass is 10.2. The van der Waals surface area contributed by atoms with Gasteiger partial charge in [0.2, 0.25) is 5.91 Å². The third-order valence-corrected chi connectivity index (χ3v) is 4.52. The summed E-state index contributed by atoms with van der Waals surface area (Å²) in [7, 11) is 3.42. The van der Waals surface area contributed by atoms with E-state index in [4.69, 9.17) is 4.74 Å². The number of methoxy groups -OCH3 is 1. The van der Waals surface area contributed by atoms with Crippen molar-refractivity contribution in [2.24, 2.45) is 0 Å².